The molecule has 0 aliphatic carbocycles. The first-order valence-electron chi connectivity index (χ1n) is 4.84. The first-order chi connectivity index (χ1) is 8.49. The average Bonchev–Trinajstić information content (AvgIpc) is 2.66. The molecule has 0 saturated heterocycles. The van der Waals surface area contributed by atoms with Crippen LogP contribution in [0.5, 0.6) is 0 Å². The summed E-state index contributed by atoms with van der Waals surface area (Å²) >= 11 is 17.7. The number of benzene rings is 2. The summed E-state index contributed by atoms with van der Waals surface area (Å²) in [6.07, 6.45) is 0. The zero-order valence-corrected chi connectivity index (χ0v) is 16.5. The minimum atomic E-state index is 0.838. The number of fused-ring (bicyclic) bond motifs is 3. The largest absolute Gasteiger partial charge is 0.455 e. The molecule has 18 heavy (non-hydrogen) atoms. The average molecular weight is 563 g/mol. The predicted molar refractivity (Wildman–Crippen MR) is 92.2 cm³/mol. The van der Waals surface area contributed by atoms with Crippen molar-refractivity contribution in [3.05, 3.63) is 40.6 Å². The van der Waals surface area contributed by atoms with Gasteiger partial charge >= 0.3 is 0 Å². The fourth-order valence-corrected chi connectivity index (χ4v) is 4.25. The van der Waals surface area contributed by atoms with Crippen LogP contribution in [0.2, 0.25) is 0 Å². The van der Waals surface area contributed by atoms with Crippen LogP contribution < -0.4 is 0 Å². The second-order valence-corrected chi connectivity index (χ2v) is 7.93. The normalized spacial score (nSPS) is 11.6. The van der Waals surface area contributed by atoms with E-state index in [1.807, 2.05) is 12.1 Å². The van der Waals surface area contributed by atoms with E-state index in [4.69, 9.17) is 4.42 Å². The van der Waals surface area contributed by atoms with Crippen LogP contribution in [0.4, 0.5) is 0 Å². The lowest BCUT2D eigenvalue weighted by molar-refractivity contribution is 0.666. The fraction of sp³-hybridized carbons (Fsp3) is 0. The maximum atomic E-state index is 5.91. The summed E-state index contributed by atoms with van der Waals surface area (Å²) in [5.74, 6) is 0. The van der Waals surface area contributed by atoms with E-state index < -0.39 is 0 Å². The van der Waals surface area contributed by atoms with Crippen LogP contribution in [0.15, 0.2) is 45.0 Å². The topological polar surface area (TPSA) is 13.1 Å². The highest BCUT2D eigenvalue weighted by Crippen LogP contribution is 2.43. The molecule has 0 N–H and O–H groups in total. The maximum absolute atomic E-state index is 5.91. The Hall–Kier alpha value is 0.640. The summed E-state index contributed by atoms with van der Waals surface area (Å²) in [6, 6.07) is 5.99. The summed E-state index contributed by atoms with van der Waals surface area (Å²) < 4.78 is 10.8. The van der Waals surface area contributed by atoms with Crippen LogP contribution in [-0.4, -0.2) is 0 Å². The van der Waals surface area contributed by atoms with Crippen molar-refractivity contribution in [2.45, 2.75) is 0 Å². The predicted octanol–water partition coefficient (Wildman–Crippen LogP) is 7.40. The first-order valence-corrected chi connectivity index (χ1v) is 8.80. The Bertz CT molecular complexity index is 790. The molecule has 3 aromatic rings. The van der Waals surface area contributed by atoms with Gasteiger partial charge in [0.1, 0.15) is 5.58 Å². The van der Waals surface area contributed by atoms with Gasteiger partial charge < -0.3 is 4.42 Å². The zero-order chi connectivity index (χ0) is 13.0. The lowest BCUT2D eigenvalue weighted by atomic mass is 10.1. The summed E-state index contributed by atoms with van der Waals surface area (Å²) in [6.45, 7) is 0. The molecule has 0 spiro atoms. The molecule has 0 fully saturated rings. The molecule has 0 radical (unpaired) electrons. The van der Waals surface area contributed by atoms with Crippen molar-refractivity contribution in [2.24, 2.45) is 0 Å². The highest BCUT2D eigenvalue weighted by molar-refractivity contribution is 9.13. The molecular formula is C12H3Br5O. The van der Waals surface area contributed by atoms with Crippen molar-refractivity contribution >= 4 is 102 Å². The Morgan fingerprint density at radius 1 is 0.722 bits per heavy atom. The van der Waals surface area contributed by atoms with Gasteiger partial charge in [0.05, 0.1) is 4.47 Å². The van der Waals surface area contributed by atoms with Crippen molar-refractivity contribution in [1.82, 2.24) is 0 Å². The number of furan rings is 1. The number of rotatable bonds is 0. The summed E-state index contributed by atoms with van der Waals surface area (Å²) in [5.41, 5.74) is 1.68. The van der Waals surface area contributed by atoms with Gasteiger partial charge in [-0.1, -0.05) is 0 Å². The van der Waals surface area contributed by atoms with Gasteiger partial charge in [0, 0.05) is 28.7 Å². The molecule has 1 nitrogen and oxygen atoms in total. The van der Waals surface area contributed by atoms with Crippen LogP contribution >= 0.6 is 79.6 Å². The first kappa shape index (κ1) is 13.6. The highest BCUT2D eigenvalue weighted by atomic mass is 79.9. The van der Waals surface area contributed by atoms with Crippen molar-refractivity contribution in [3.8, 4) is 0 Å². The van der Waals surface area contributed by atoms with E-state index in [-0.39, 0.29) is 0 Å². The van der Waals surface area contributed by atoms with E-state index in [0.717, 1.165) is 44.3 Å². The van der Waals surface area contributed by atoms with Gasteiger partial charge in [-0.25, -0.2) is 0 Å². The molecule has 1 heterocycles. The molecular weight excluding hydrogens is 560 g/mol. The molecule has 0 aliphatic rings. The Balaban J connectivity index is 2.61. The third-order valence-corrected chi connectivity index (χ3v) is 7.04. The number of hydrogen-bond acceptors (Lipinski definition) is 1. The van der Waals surface area contributed by atoms with Crippen LogP contribution in [0.25, 0.3) is 21.9 Å². The molecule has 3 rings (SSSR count). The van der Waals surface area contributed by atoms with Crippen molar-refractivity contribution in [1.29, 1.82) is 0 Å². The van der Waals surface area contributed by atoms with Crippen molar-refractivity contribution < 1.29 is 4.42 Å². The van der Waals surface area contributed by atoms with Gasteiger partial charge in [0.15, 0.2) is 5.58 Å². The number of halogens is 5. The molecule has 92 valence electrons. The van der Waals surface area contributed by atoms with E-state index in [1.165, 1.54) is 0 Å². The highest BCUT2D eigenvalue weighted by Gasteiger charge is 2.16. The quantitative estimate of drug-likeness (QED) is 0.260. The summed E-state index contributed by atoms with van der Waals surface area (Å²) in [5, 5.41) is 2.12. The Labute approximate surface area is 145 Å². The molecule has 0 aliphatic heterocycles. The maximum Gasteiger partial charge on any atom is 0.150 e. The van der Waals surface area contributed by atoms with Crippen molar-refractivity contribution in [2.75, 3.05) is 0 Å². The lowest BCUT2D eigenvalue weighted by Gasteiger charge is -2.00. The third-order valence-electron chi connectivity index (χ3n) is 2.63. The Kier molecular flexibility index (Phi) is 3.69. The van der Waals surface area contributed by atoms with Crippen molar-refractivity contribution in [3.63, 3.8) is 0 Å². The van der Waals surface area contributed by atoms with Gasteiger partial charge in [-0.15, -0.1) is 0 Å². The van der Waals surface area contributed by atoms with E-state index in [0.29, 0.717) is 0 Å². The fourth-order valence-electron chi connectivity index (χ4n) is 1.84. The standard InChI is InChI=1S/C12H3Br5O/c13-5-1-4-9(3-6(5)14)18-12-8(16)2-7(15)11(17)10(4)12/h1-3H. The van der Waals surface area contributed by atoms with Gasteiger partial charge in [-0.05, 0) is 97.8 Å². The summed E-state index contributed by atoms with van der Waals surface area (Å²) in [7, 11) is 0. The minimum Gasteiger partial charge on any atom is -0.455 e. The van der Waals surface area contributed by atoms with E-state index >= 15 is 0 Å². The van der Waals surface area contributed by atoms with E-state index in [2.05, 4.69) is 85.7 Å². The van der Waals surface area contributed by atoms with Crippen LogP contribution in [0.1, 0.15) is 0 Å². The monoisotopic (exact) mass is 558 g/mol. The second kappa shape index (κ2) is 4.88. The molecule has 2 aromatic carbocycles. The van der Waals surface area contributed by atoms with E-state index in [9.17, 15) is 0 Å². The molecule has 0 atom stereocenters. The van der Waals surface area contributed by atoms with E-state index in [1.54, 1.807) is 0 Å². The van der Waals surface area contributed by atoms with Crippen LogP contribution in [0, 0.1) is 0 Å². The molecule has 6 heteroatoms. The van der Waals surface area contributed by atoms with Gasteiger partial charge in [-0.2, -0.15) is 0 Å². The minimum absolute atomic E-state index is 0.838. The van der Waals surface area contributed by atoms with Crippen LogP contribution in [0.3, 0.4) is 0 Å². The lowest BCUT2D eigenvalue weighted by Crippen LogP contribution is -1.75. The third kappa shape index (κ3) is 2.04. The molecule has 0 unspecified atom stereocenters. The van der Waals surface area contributed by atoms with Crippen LogP contribution in [-0.2, 0) is 0 Å². The Morgan fingerprint density at radius 2 is 1.39 bits per heavy atom. The summed E-state index contributed by atoms with van der Waals surface area (Å²) in [4.78, 5) is 0. The SMILES string of the molecule is Brc1cc2oc3c(Br)cc(Br)c(Br)c3c2cc1Br. The zero-order valence-electron chi connectivity index (χ0n) is 8.53. The Morgan fingerprint density at radius 3 is 2.11 bits per heavy atom. The van der Waals surface area contributed by atoms with Gasteiger partial charge in [-0.3, -0.25) is 0 Å². The molecule has 0 bridgehead atoms. The second-order valence-electron chi connectivity index (χ2n) is 3.72. The molecule has 0 saturated carbocycles. The molecule has 0 amide bonds. The number of hydrogen-bond donors (Lipinski definition) is 0. The van der Waals surface area contributed by atoms with Gasteiger partial charge in [0.25, 0.3) is 0 Å². The van der Waals surface area contributed by atoms with Gasteiger partial charge in [0.2, 0.25) is 0 Å². The molecule has 1 aromatic heterocycles. The smallest absolute Gasteiger partial charge is 0.150 e.